The first kappa shape index (κ1) is 23.6. The summed E-state index contributed by atoms with van der Waals surface area (Å²) >= 11 is 9.02. The zero-order valence-corrected chi connectivity index (χ0v) is 21.7. The molecule has 2 fully saturated rings. The van der Waals surface area contributed by atoms with Crippen LogP contribution < -0.4 is 15.0 Å². The number of ether oxygens (including phenoxy) is 1. The fraction of sp³-hybridized carbons (Fsp3) is 0.269. The van der Waals surface area contributed by atoms with E-state index in [4.69, 9.17) is 17.0 Å². The number of anilines is 1. The fourth-order valence-electron chi connectivity index (χ4n) is 4.54. The van der Waals surface area contributed by atoms with Gasteiger partial charge in [0.25, 0.3) is 5.91 Å². The lowest BCUT2D eigenvalue weighted by Gasteiger charge is -2.16. The first-order chi connectivity index (χ1) is 16.9. The molecule has 3 aromatic rings. The smallest absolute Gasteiger partial charge is 0.281 e. The molecule has 9 heteroatoms. The average molecular weight is 553 g/mol. The standard InChI is InChI=1S/C26H25BrN4O3S/c1-2-34-20-8-6-19(7-9-20)31-25(33)22(28-26(31)35)13-17-15-30(16-24(32)29-11-3-4-12-29)23-10-5-18(27)14-21(17)23/h5-10,13-15H,2-4,11-12,16H2,1H3,(H,28,35)/b22-13-. The van der Waals surface area contributed by atoms with Crippen molar-refractivity contribution in [3.63, 3.8) is 0 Å². The molecule has 0 radical (unpaired) electrons. The molecule has 0 aliphatic carbocycles. The molecule has 0 atom stereocenters. The van der Waals surface area contributed by atoms with Crippen LogP contribution in [0.1, 0.15) is 25.3 Å². The van der Waals surface area contributed by atoms with Gasteiger partial charge in [-0.15, -0.1) is 0 Å². The molecular weight excluding hydrogens is 528 g/mol. The molecule has 2 aliphatic heterocycles. The third-order valence-electron chi connectivity index (χ3n) is 6.22. The fourth-order valence-corrected chi connectivity index (χ4v) is 5.20. The zero-order chi connectivity index (χ0) is 24.5. The number of halogens is 1. The van der Waals surface area contributed by atoms with Crippen LogP contribution in [0.5, 0.6) is 5.75 Å². The summed E-state index contributed by atoms with van der Waals surface area (Å²) in [6.45, 7) is 4.39. The first-order valence-corrected chi connectivity index (χ1v) is 12.8. The van der Waals surface area contributed by atoms with E-state index in [-0.39, 0.29) is 18.4 Å². The third-order valence-corrected chi connectivity index (χ3v) is 7.00. The largest absolute Gasteiger partial charge is 0.494 e. The minimum absolute atomic E-state index is 0.111. The van der Waals surface area contributed by atoms with Gasteiger partial charge in [-0.1, -0.05) is 15.9 Å². The minimum atomic E-state index is -0.233. The Morgan fingerprint density at radius 1 is 1.17 bits per heavy atom. The van der Waals surface area contributed by atoms with Crippen LogP contribution in [0.4, 0.5) is 5.69 Å². The van der Waals surface area contributed by atoms with Gasteiger partial charge in [-0.2, -0.15) is 0 Å². The summed E-state index contributed by atoms with van der Waals surface area (Å²) in [6, 6.07) is 13.2. The molecular formula is C26H25BrN4O3S. The van der Waals surface area contributed by atoms with E-state index in [0.29, 0.717) is 23.1 Å². The molecule has 1 N–H and O–H groups in total. The van der Waals surface area contributed by atoms with Gasteiger partial charge >= 0.3 is 0 Å². The van der Waals surface area contributed by atoms with Crippen molar-refractivity contribution in [1.82, 2.24) is 14.8 Å². The van der Waals surface area contributed by atoms with E-state index in [1.807, 2.05) is 65.1 Å². The van der Waals surface area contributed by atoms with Crippen LogP contribution in [0.25, 0.3) is 17.0 Å². The van der Waals surface area contributed by atoms with Gasteiger partial charge in [0.05, 0.1) is 12.3 Å². The Hall–Kier alpha value is -3.17. The van der Waals surface area contributed by atoms with E-state index in [2.05, 4.69) is 21.2 Å². The van der Waals surface area contributed by atoms with E-state index in [9.17, 15) is 9.59 Å². The molecule has 2 saturated heterocycles. The van der Waals surface area contributed by atoms with Gasteiger partial charge in [0.15, 0.2) is 5.11 Å². The van der Waals surface area contributed by atoms with Gasteiger partial charge in [0.1, 0.15) is 18.0 Å². The van der Waals surface area contributed by atoms with Gasteiger partial charge in [0, 0.05) is 40.2 Å². The highest BCUT2D eigenvalue weighted by Crippen LogP contribution is 2.29. The Morgan fingerprint density at radius 3 is 2.63 bits per heavy atom. The molecule has 7 nitrogen and oxygen atoms in total. The van der Waals surface area contributed by atoms with Crippen molar-refractivity contribution in [3.05, 3.63) is 64.4 Å². The molecule has 2 amide bonds. The first-order valence-electron chi connectivity index (χ1n) is 11.6. The number of benzene rings is 2. The Morgan fingerprint density at radius 2 is 1.91 bits per heavy atom. The number of amides is 2. The summed E-state index contributed by atoms with van der Waals surface area (Å²) in [7, 11) is 0. The maximum absolute atomic E-state index is 13.3. The number of carbonyl (C=O) groups excluding carboxylic acids is 2. The van der Waals surface area contributed by atoms with E-state index < -0.39 is 0 Å². The molecule has 180 valence electrons. The summed E-state index contributed by atoms with van der Waals surface area (Å²) in [5.74, 6) is 0.613. The molecule has 0 saturated carbocycles. The highest BCUT2D eigenvalue weighted by Gasteiger charge is 2.32. The van der Waals surface area contributed by atoms with E-state index in [0.717, 1.165) is 52.6 Å². The van der Waals surface area contributed by atoms with Gasteiger partial charge in [-0.3, -0.25) is 14.5 Å². The van der Waals surface area contributed by atoms with Crippen LogP contribution in [0.15, 0.2) is 58.8 Å². The number of fused-ring (bicyclic) bond motifs is 1. The van der Waals surface area contributed by atoms with Crippen LogP contribution in [-0.4, -0.2) is 46.1 Å². The number of hydrogen-bond donors (Lipinski definition) is 1. The van der Waals surface area contributed by atoms with E-state index in [1.165, 1.54) is 4.90 Å². The van der Waals surface area contributed by atoms with Crippen LogP contribution >= 0.6 is 28.1 Å². The second-order valence-corrected chi connectivity index (χ2v) is 9.82. The summed E-state index contributed by atoms with van der Waals surface area (Å²) < 4.78 is 8.37. The van der Waals surface area contributed by atoms with E-state index >= 15 is 0 Å². The number of rotatable bonds is 6. The number of nitrogens with one attached hydrogen (secondary N) is 1. The second-order valence-electron chi connectivity index (χ2n) is 8.52. The topological polar surface area (TPSA) is 66.8 Å². The lowest BCUT2D eigenvalue weighted by molar-refractivity contribution is -0.130. The highest BCUT2D eigenvalue weighted by molar-refractivity contribution is 9.10. The molecule has 0 bridgehead atoms. The van der Waals surface area contributed by atoms with E-state index in [1.54, 1.807) is 6.08 Å². The number of hydrogen-bond acceptors (Lipinski definition) is 4. The van der Waals surface area contributed by atoms with Gasteiger partial charge in [-0.25, -0.2) is 0 Å². The Balaban J connectivity index is 1.46. The quantitative estimate of drug-likeness (QED) is 0.355. The summed E-state index contributed by atoms with van der Waals surface area (Å²) in [5, 5.41) is 4.32. The lowest BCUT2D eigenvalue weighted by Crippen LogP contribution is -2.30. The Labute approximate surface area is 217 Å². The monoisotopic (exact) mass is 552 g/mol. The predicted molar refractivity (Wildman–Crippen MR) is 144 cm³/mol. The van der Waals surface area contributed by atoms with Crippen molar-refractivity contribution in [2.24, 2.45) is 0 Å². The van der Waals surface area contributed by atoms with Crippen LogP contribution in [0, 0.1) is 0 Å². The van der Waals surface area contributed by atoms with Gasteiger partial charge < -0.3 is 19.5 Å². The summed E-state index contributed by atoms with van der Waals surface area (Å²) in [6.07, 6.45) is 5.84. The summed E-state index contributed by atoms with van der Waals surface area (Å²) in [4.78, 5) is 29.5. The van der Waals surface area contributed by atoms with Crippen molar-refractivity contribution in [1.29, 1.82) is 0 Å². The molecule has 2 aliphatic rings. The van der Waals surface area contributed by atoms with Crippen molar-refractivity contribution < 1.29 is 14.3 Å². The maximum Gasteiger partial charge on any atom is 0.281 e. The molecule has 3 heterocycles. The number of carbonyl (C=O) groups is 2. The van der Waals surface area contributed by atoms with Gasteiger partial charge in [0.2, 0.25) is 5.91 Å². The number of likely N-dealkylation sites (tertiary alicyclic amines) is 1. The Bertz CT molecular complexity index is 1340. The number of nitrogens with zero attached hydrogens (tertiary/aromatic N) is 3. The van der Waals surface area contributed by atoms with Crippen LogP contribution in [-0.2, 0) is 16.1 Å². The van der Waals surface area contributed by atoms with Crippen molar-refractivity contribution in [3.8, 4) is 5.75 Å². The normalized spacial score (nSPS) is 17.0. The highest BCUT2D eigenvalue weighted by atomic mass is 79.9. The molecule has 2 aromatic carbocycles. The molecule has 35 heavy (non-hydrogen) atoms. The average Bonchev–Trinajstić information content (AvgIpc) is 3.55. The number of thiocarbonyl (C=S) groups is 1. The third kappa shape index (κ3) is 4.70. The zero-order valence-electron chi connectivity index (χ0n) is 19.3. The van der Waals surface area contributed by atoms with Crippen LogP contribution in [0.2, 0.25) is 0 Å². The maximum atomic E-state index is 13.3. The molecule has 1 aromatic heterocycles. The number of aromatic nitrogens is 1. The molecule has 0 spiro atoms. The predicted octanol–water partition coefficient (Wildman–Crippen LogP) is 4.69. The van der Waals surface area contributed by atoms with Crippen molar-refractivity contribution >= 4 is 67.7 Å². The Kier molecular flexibility index (Phi) is 6.62. The van der Waals surface area contributed by atoms with Crippen molar-refractivity contribution in [2.45, 2.75) is 26.3 Å². The van der Waals surface area contributed by atoms with Gasteiger partial charge in [-0.05, 0) is 80.5 Å². The van der Waals surface area contributed by atoms with Crippen molar-refractivity contribution in [2.75, 3.05) is 24.6 Å². The SMILES string of the molecule is CCOc1ccc(N2C(=O)/C(=C/c3cn(CC(=O)N4CCCC4)c4ccc(Br)cc34)NC2=S)cc1. The molecule has 0 unspecified atom stereocenters. The minimum Gasteiger partial charge on any atom is -0.494 e. The second kappa shape index (κ2) is 9.83. The summed E-state index contributed by atoms with van der Waals surface area (Å²) in [5.41, 5.74) is 2.82. The molecule has 5 rings (SSSR count). The van der Waals surface area contributed by atoms with Crippen LogP contribution in [0.3, 0.4) is 0 Å². The lowest BCUT2D eigenvalue weighted by atomic mass is 10.1.